The molecule has 2 aliphatic heterocycles. The third-order valence-corrected chi connectivity index (χ3v) is 13.0. The first-order valence-corrected chi connectivity index (χ1v) is 17.9. The SMILES string of the molecule is CCO[C@@H]1C=C[C@@H](S[C@@H]2O[C@H](COC(C)=O)[C@@H](OC(C)=O)[C@H](OC(C)=O)[C@H]2OC(C)=O)[C@@H](CO[Si](C)(C)C(C)(C)C)O1. The van der Waals surface area contributed by atoms with E-state index in [2.05, 4.69) is 33.9 Å². The lowest BCUT2D eigenvalue weighted by molar-refractivity contribution is -0.237. The fourth-order valence-electron chi connectivity index (χ4n) is 4.11. The van der Waals surface area contributed by atoms with Gasteiger partial charge in [-0.05, 0) is 31.1 Å². The van der Waals surface area contributed by atoms with E-state index < -0.39 is 74.4 Å². The first kappa shape index (κ1) is 36.2. The summed E-state index contributed by atoms with van der Waals surface area (Å²) in [6, 6.07) is 0. The standard InChI is InChI=1S/C28H46O12SSi/c1-11-33-23-13-12-22(20(39-23)15-35-42(9,10)28(6,7)8)41-27-26(38-19(5)32)25(37-18(4)31)24(36-17(3)30)21(40-27)14-34-16(2)29/h12-13,20-27H,11,14-15H2,1-10H3/t20-,21-,22-,23+,24-,25+,26-,27+/m1/s1. The second-order valence-corrected chi connectivity index (χ2v) is 17.7. The zero-order valence-corrected chi connectivity index (χ0v) is 28.0. The molecule has 14 heteroatoms. The Morgan fingerprint density at radius 1 is 0.786 bits per heavy atom. The summed E-state index contributed by atoms with van der Waals surface area (Å²) in [6.45, 7) is 17.8. The van der Waals surface area contributed by atoms with Gasteiger partial charge in [-0.15, -0.1) is 11.8 Å². The third kappa shape index (κ3) is 10.6. The summed E-state index contributed by atoms with van der Waals surface area (Å²) in [5.41, 5.74) is -0.942. The van der Waals surface area contributed by atoms with Gasteiger partial charge in [-0.2, -0.15) is 0 Å². The lowest BCUT2D eigenvalue weighted by Gasteiger charge is -2.45. The highest BCUT2D eigenvalue weighted by molar-refractivity contribution is 8.00. The van der Waals surface area contributed by atoms with Gasteiger partial charge < -0.3 is 37.6 Å². The van der Waals surface area contributed by atoms with Crippen molar-refractivity contribution in [2.75, 3.05) is 19.8 Å². The van der Waals surface area contributed by atoms with E-state index in [0.29, 0.717) is 6.61 Å². The maximum atomic E-state index is 12.2. The molecule has 0 aromatic rings. The Labute approximate surface area is 253 Å². The van der Waals surface area contributed by atoms with Gasteiger partial charge in [0.2, 0.25) is 0 Å². The maximum Gasteiger partial charge on any atom is 0.303 e. The quantitative estimate of drug-likeness (QED) is 0.134. The van der Waals surface area contributed by atoms with Crippen LogP contribution in [0.3, 0.4) is 0 Å². The molecule has 2 aliphatic rings. The maximum absolute atomic E-state index is 12.2. The topological polar surface area (TPSA) is 142 Å². The van der Waals surface area contributed by atoms with Gasteiger partial charge in [0.1, 0.15) is 18.1 Å². The van der Waals surface area contributed by atoms with Crippen molar-refractivity contribution in [3.8, 4) is 0 Å². The fourth-order valence-corrected chi connectivity index (χ4v) is 6.50. The Morgan fingerprint density at radius 2 is 1.36 bits per heavy atom. The Morgan fingerprint density at radius 3 is 1.88 bits per heavy atom. The van der Waals surface area contributed by atoms with Crippen LogP contribution in [0.4, 0.5) is 0 Å². The van der Waals surface area contributed by atoms with Crippen LogP contribution in [0.1, 0.15) is 55.4 Å². The van der Waals surface area contributed by atoms with E-state index in [1.54, 1.807) is 6.08 Å². The summed E-state index contributed by atoms with van der Waals surface area (Å²) < 4.78 is 46.6. The smallest absolute Gasteiger partial charge is 0.303 e. The summed E-state index contributed by atoms with van der Waals surface area (Å²) in [7, 11) is -2.14. The van der Waals surface area contributed by atoms with Crippen LogP contribution in [0.25, 0.3) is 0 Å². The van der Waals surface area contributed by atoms with Gasteiger partial charge in [-0.25, -0.2) is 0 Å². The Kier molecular flexibility index (Phi) is 13.5. The van der Waals surface area contributed by atoms with Crippen LogP contribution < -0.4 is 0 Å². The summed E-state index contributed by atoms with van der Waals surface area (Å²) in [4.78, 5) is 48.0. The van der Waals surface area contributed by atoms with Crippen LogP contribution >= 0.6 is 11.8 Å². The fraction of sp³-hybridized carbons (Fsp3) is 0.786. The average molecular weight is 635 g/mol. The van der Waals surface area contributed by atoms with E-state index in [9.17, 15) is 19.2 Å². The number of esters is 4. The molecule has 0 amide bonds. The number of ether oxygens (including phenoxy) is 7. The molecule has 42 heavy (non-hydrogen) atoms. The third-order valence-electron chi connectivity index (χ3n) is 7.12. The summed E-state index contributed by atoms with van der Waals surface area (Å²) in [5.74, 6) is -2.61. The van der Waals surface area contributed by atoms with Gasteiger partial charge in [0.05, 0.1) is 18.0 Å². The second-order valence-electron chi connectivity index (χ2n) is 11.6. The highest BCUT2D eigenvalue weighted by Crippen LogP contribution is 2.40. The number of hydrogen-bond donors (Lipinski definition) is 0. The van der Waals surface area contributed by atoms with Gasteiger partial charge in [0.15, 0.2) is 32.9 Å². The van der Waals surface area contributed by atoms with Gasteiger partial charge in [-0.3, -0.25) is 19.2 Å². The van der Waals surface area contributed by atoms with Gasteiger partial charge in [-0.1, -0.05) is 26.8 Å². The summed E-state index contributed by atoms with van der Waals surface area (Å²) in [5, 5.41) is -0.397. The average Bonchev–Trinajstić information content (AvgIpc) is 2.85. The normalized spacial score (nSPS) is 29.9. The molecule has 0 aromatic carbocycles. The highest BCUT2D eigenvalue weighted by atomic mass is 32.2. The molecule has 0 spiro atoms. The molecule has 0 N–H and O–H groups in total. The molecule has 2 heterocycles. The zero-order valence-electron chi connectivity index (χ0n) is 26.2. The van der Waals surface area contributed by atoms with E-state index in [4.69, 9.17) is 37.6 Å². The molecule has 0 radical (unpaired) electrons. The number of carbonyl (C=O) groups is 4. The van der Waals surface area contributed by atoms with Gasteiger partial charge in [0.25, 0.3) is 0 Å². The van der Waals surface area contributed by atoms with Crippen LogP contribution in [0, 0.1) is 0 Å². The molecular formula is C28H46O12SSi. The van der Waals surface area contributed by atoms with Crippen LogP contribution in [-0.4, -0.2) is 99.5 Å². The number of rotatable bonds is 12. The Hall–Kier alpha value is -1.97. The molecule has 12 nitrogen and oxygen atoms in total. The molecule has 0 saturated carbocycles. The van der Waals surface area contributed by atoms with Crippen molar-refractivity contribution in [1.29, 1.82) is 0 Å². The van der Waals surface area contributed by atoms with Crippen LogP contribution in [0.2, 0.25) is 18.1 Å². The van der Waals surface area contributed by atoms with Crippen molar-refractivity contribution in [3.05, 3.63) is 12.2 Å². The molecule has 0 unspecified atom stereocenters. The van der Waals surface area contributed by atoms with Crippen molar-refractivity contribution in [2.24, 2.45) is 0 Å². The molecule has 0 aliphatic carbocycles. The molecule has 8 atom stereocenters. The molecular weight excluding hydrogens is 588 g/mol. The largest absolute Gasteiger partial charge is 0.463 e. The first-order valence-electron chi connectivity index (χ1n) is 14.0. The van der Waals surface area contributed by atoms with E-state index in [1.807, 2.05) is 13.0 Å². The zero-order chi connectivity index (χ0) is 31.8. The molecule has 0 bridgehead atoms. The van der Waals surface area contributed by atoms with Crippen LogP contribution in [0.15, 0.2) is 12.2 Å². The minimum Gasteiger partial charge on any atom is -0.463 e. The van der Waals surface area contributed by atoms with Crippen molar-refractivity contribution in [3.63, 3.8) is 0 Å². The predicted molar refractivity (Wildman–Crippen MR) is 156 cm³/mol. The lowest BCUT2D eigenvalue weighted by Crippen LogP contribution is -2.62. The molecule has 1 fully saturated rings. The molecule has 2 rings (SSSR count). The Bertz CT molecular complexity index is 980. The molecule has 1 saturated heterocycles. The first-order chi connectivity index (χ1) is 19.4. The van der Waals surface area contributed by atoms with Crippen molar-refractivity contribution < 1.29 is 56.8 Å². The van der Waals surface area contributed by atoms with Gasteiger partial charge in [0, 0.05) is 34.3 Å². The minimum absolute atomic E-state index is 0.0285. The predicted octanol–water partition coefficient (Wildman–Crippen LogP) is 3.51. The van der Waals surface area contributed by atoms with Crippen molar-refractivity contribution in [2.45, 2.75) is 121 Å². The lowest BCUT2D eigenvalue weighted by atomic mass is 9.99. The van der Waals surface area contributed by atoms with Crippen molar-refractivity contribution in [1.82, 2.24) is 0 Å². The van der Waals surface area contributed by atoms with Crippen LogP contribution in [-0.2, 0) is 56.8 Å². The highest BCUT2D eigenvalue weighted by Gasteiger charge is 2.53. The number of thioether (sulfide) groups is 1. The molecule has 0 aromatic heterocycles. The van der Waals surface area contributed by atoms with Gasteiger partial charge >= 0.3 is 23.9 Å². The van der Waals surface area contributed by atoms with E-state index in [-0.39, 0.29) is 23.5 Å². The van der Waals surface area contributed by atoms with E-state index in [0.717, 1.165) is 0 Å². The van der Waals surface area contributed by atoms with Crippen molar-refractivity contribution >= 4 is 44.0 Å². The summed E-state index contributed by atoms with van der Waals surface area (Å²) >= 11 is 1.26. The molecule has 240 valence electrons. The minimum atomic E-state index is -2.14. The van der Waals surface area contributed by atoms with E-state index >= 15 is 0 Å². The second kappa shape index (κ2) is 15.7. The number of carbonyl (C=O) groups excluding carboxylic acids is 4. The van der Waals surface area contributed by atoms with Crippen LogP contribution in [0.5, 0.6) is 0 Å². The monoisotopic (exact) mass is 634 g/mol. The Balaban J connectivity index is 2.46. The number of hydrogen-bond acceptors (Lipinski definition) is 13. The van der Waals surface area contributed by atoms with E-state index in [1.165, 1.54) is 39.5 Å². The summed E-state index contributed by atoms with van der Waals surface area (Å²) in [6.07, 6.45) is -2.00.